The summed E-state index contributed by atoms with van der Waals surface area (Å²) >= 11 is 12.0. The molecular weight excluding hydrogens is 359 g/mol. The average molecular weight is 373 g/mol. The van der Waals surface area contributed by atoms with Crippen molar-refractivity contribution in [2.75, 3.05) is 5.32 Å². The predicted molar refractivity (Wildman–Crippen MR) is 99.1 cm³/mol. The number of nitrogens with zero attached hydrogens (tertiary/aromatic N) is 1. The number of hydrogen-bond donors (Lipinski definition) is 3. The van der Waals surface area contributed by atoms with E-state index in [-0.39, 0.29) is 5.91 Å². The van der Waals surface area contributed by atoms with E-state index in [1.54, 1.807) is 12.3 Å². The van der Waals surface area contributed by atoms with E-state index in [1.807, 2.05) is 37.3 Å². The molecule has 1 aliphatic rings. The van der Waals surface area contributed by atoms with Crippen molar-refractivity contribution < 1.29 is 4.79 Å². The van der Waals surface area contributed by atoms with Crippen LogP contribution >= 0.6 is 23.2 Å². The van der Waals surface area contributed by atoms with Crippen LogP contribution in [-0.4, -0.2) is 16.1 Å². The van der Waals surface area contributed by atoms with Crippen molar-refractivity contribution in [3.63, 3.8) is 0 Å². The quantitative estimate of drug-likeness (QED) is 0.618. The van der Waals surface area contributed by atoms with Gasteiger partial charge in [0, 0.05) is 21.2 Å². The van der Waals surface area contributed by atoms with Crippen molar-refractivity contribution in [2.24, 2.45) is 0 Å². The van der Waals surface area contributed by atoms with Crippen LogP contribution in [-0.2, 0) is 0 Å². The van der Waals surface area contributed by atoms with Crippen molar-refractivity contribution in [1.82, 2.24) is 15.5 Å². The number of carbonyl (C=O) groups excluding carboxylic acids is 1. The molecule has 1 amide bonds. The highest BCUT2D eigenvalue weighted by molar-refractivity contribution is 6.31. The van der Waals surface area contributed by atoms with Crippen molar-refractivity contribution in [2.45, 2.75) is 13.1 Å². The number of aromatic amines is 1. The Bertz CT molecular complexity index is 966. The van der Waals surface area contributed by atoms with Gasteiger partial charge in [-0.1, -0.05) is 35.3 Å². The number of hydrogen-bond acceptors (Lipinski definition) is 3. The van der Waals surface area contributed by atoms with E-state index in [1.165, 1.54) is 0 Å². The van der Waals surface area contributed by atoms with E-state index in [4.69, 9.17) is 23.2 Å². The van der Waals surface area contributed by atoms with E-state index >= 15 is 0 Å². The molecule has 0 saturated heterocycles. The average Bonchev–Trinajstić information content (AvgIpc) is 3.06. The molecule has 2 heterocycles. The highest BCUT2D eigenvalue weighted by Crippen LogP contribution is 2.34. The van der Waals surface area contributed by atoms with E-state index in [0.29, 0.717) is 15.6 Å². The summed E-state index contributed by atoms with van der Waals surface area (Å²) < 4.78 is 0. The monoisotopic (exact) mass is 372 g/mol. The summed E-state index contributed by atoms with van der Waals surface area (Å²) in [6, 6.07) is 10.9. The second-order valence-corrected chi connectivity index (χ2v) is 6.78. The Labute approximate surface area is 154 Å². The number of aryl methyl sites for hydroxylation is 1. The maximum absolute atomic E-state index is 12.5. The Morgan fingerprint density at radius 3 is 2.56 bits per heavy atom. The second-order valence-electron chi connectivity index (χ2n) is 5.90. The molecule has 0 saturated carbocycles. The molecule has 2 aromatic carbocycles. The SMILES string of the molecule is Cc1cc(Cl)cc2c1NC(c1cn[nH]c1-c1ccc(Cl)cc1)NC2=O. The Morgan fingerprint density at radius 2 is 1.80 bits per heavy atom. The number of rotatable bonds is 2. The molecule has 126 valence electrons. The molecule has 1 atom stereocenters. The van der Waals surface area contributed by atoms with Gasteiger partial charge in [-0.05, 0) is 36.8 Å². The molecule has 5 nitrogen and oxygen atoms in total. The van der Waals surface area contributed by atoms with Crippen molar-refractivity contribution in [1.29, 1.82) is 0 Å². The molecule has 0 fully saturated rings. The molecular formula is C18H14Cl2N4O. The van der Waals surface area contributed by atoms with Crippen molar-refractivity contribution in [3.8, 4) is 11.3 Å². The topological polar surface area (TPSA) is 69.8 Å². The van der Waals surface area contributed by atoms with Gasteiger partial charge in [0.2, 0.25) is 0 Å². The highest BCUT2D eigenvalue weighted by atomic mass is 35.5. The van der Waals surface area contributed by atoms with Gasteiger partial charge in [0.05, 0.1) is 23.1 Å². The predicted octanol–water partition coefficient (Wildman–Crippen LogP) is 4.55. The maximum atomic E-state index is 12.5. The van der Waals surface area contributed by atoms with Crippen molar-refractivity contribution in [3.05, 3.63) is 69.3 Å². The van der Waals surface area contributed by atoms with E-state index < -0.39 is 6.17 Å². The van der Waals surface area contributed by atoms with Gasteiger partial charge in [-0.15, -0.1) is 0 Å². The van der Waals surface area contributed by atoms with Gasteiger partial charge in [0.15, 0.2) is 0 Å². The Balaban J connectivity index is 1.74. The van der Waals surface area contributed by atoms with Crippen molar-refractivity contribution >= 4 is 34.8 Å². The molecule has 1 aromatic heterocycles. The van der Waals surface area contributed by atoms with Crippen LogP contribution in [0, 0.1) is 6.92 Å². The van der Waals surface area contributed by atoms with Crippen LogP contribution in [0.5, 0.6) is 0 Å². The first-order valence-corrected chi connectivity index (χ1v) is 8.45. The number of carbonyl (C=O) groups is 1. The maximum Gasteiger partial charge on any atom is 0.255 e. The van der Waals surface area contributed by atoms with Gasteiger partial charge < -0.3 is 10.6 Å². The summed E-state index contributed by atoms with van der Waals surface area (Å²) in [7, 11) is 0. The minimum atomic E-state index is -0.399. The fourth-order valence-corrected chi connectivity index (χ4v) is 3.42. The van der Waals surface area contributed by atoms with Crippen LogP contribution in [0.1, 0.15) is 27.7 Å². The van der Waals surface area contributed by atoms with Crippen LogP contribution < -0.4 is 10.6 Å². The van der Waals surface area contributed by atoms with E-state index in [0.717, 1.165) is 28.1 Å². The third kappa shape index (κ3) is 2.86. The second kappa shape index (κ2) is 6.10. The molecule has 0 spiro atoms. The molecule has 3 aromatic rings. The largest absolute Gasteiger partial charge is 0.361 e. The molecule has 7 heteroatoms. The highest BCUT2D eigenvalue weighted by Gasteiger charge is 2.28. The number of anilines is 1. The van der Waals surface area contributed by atoms with Gasteiger partial charge in [0.1, 0.15) is 6.17 Å². The lowest BCUT2D eigenvalue weighted by atomic mass is 10.0. The zero-order valence-electron chi connectivity index (χ0n) is 13.2. The molecule has 0 bridgehead atoms. The fourth-order valence-electron chi connectivity index (χ4n) is 3.02. The third-order valence-electron chi connectivity index (χ3n) is 4.22. The van der Waals surface area contributed by atoms with E-state index in [2.05, 4.69) is 20.8 Å². The summed E-state index contributed by atoms with van der Waals surface area (Å²) in [5, 5.41) is 14.7. The molecule has 1 unspecified atom stereocenters. The van der Waals surface area contributed by atoms with Gasteiger partial charge in [-0.3, -0.25) is 9.89 Å². The number of benzene rings is 2. The first-order valence-electron chi connectivity index (χ1n) is 7.69. The standard InChI is InChI=1S/C18H14Cl2N4O/c1-9-6-12(20)7-13-15(9)22-17(23-18(13)25)14-8-21-24-16(14)10-2-4-11(19)5-3-10/h2-8,17,22H,1H3,(H,21,24)(H,23,25). The number of halogens is 2. The third-order valence-corrected chi connectivity index (χ3v) is 4.69. The first kappa shape index (κ1) is 16.0. The summed E-state index contributed by atoms with van der Waals surface area (Å²) in [6.45, 7) is 1.92. The zero-order chi connectivity index (χ0) is 17.6. The number of fused-ring (bicyclic) bond motifs is 1. The lowest BCUT2D eigenvalue weighted by Gasteiger charge is -2.29. The normalized spacial score (nSPS) is 16.1. The van der Waals surface area contributed by atoms with Gasteiger partial charge in [0.25, 0.3) is 5.91 Å². The minimum absolute atomic E-state index is 0.174. The molecule has 0 aliphatic carbocycles. The van der Waals surface area contributed by atoms with Crippen LogP contribution in [0.2, 0.25) is 10.0 Å². The number of H-pyrrole nitrogens is 1. The number of aromatic nitrogens is 2. The molecule has 0 radical (unpaired) electrons. The Hall–Kier alpha value is -2.50. The summed E-state index contributed by atoms with van der Waals surface area (Å²) in [4.78, 5) is 12.5. The van der Waals surface area contributed by atoms with Gasteiger partial charge >= 0.3 is 0 Å². The molecule has 4 rings (SSSR count). The Morgan fingerprint density at radius 1 is 1.04 bits per heavy atom. The fraction of sp³-hybridized carbons (Fsp3) is 0.111. The number of nitrogens with one attached hydrogen (secondary N) is 3. The summed E-state index contributed by atoms with van der Waals surface area (Å²) in [5.41, 5.74) is 4.84. The van der Waals surface area contributed by atoms with Crippen LogP contribution in [0.4, 0.5) is 5.69 Å². The zero-order valence-corrected chi connectivity index (χ0v) is 14.7. The van der Waals surface area contributed by atoms with Gasteiger partial charge in [-0.2, -0.15) is 5.10 Å². The minimum Gasteiger partial charge on any atom is -0.361 e. The van der Waals surface area contributed by atoms with Crippen LogP contribution in [0.25, 0.3) is 11.3 Å². The Kier molecular flexibility index (Phi) is 3.90. The smallest absolute Gasteiger partial charge is 0.255 e. The van der Waals surface area contributed by atoms with Crippen LogP contribution in [0.3, 0.4) is 0 Å². The lowest BCUT2D eigenvalue weighted by molar-refractivity contribution is 0.0935. The van der Waals surface area contributed by atoms with E-state index in [9.17, 15) is 4.79 Å². The summed E-state index contributed by atoms with van der Waals surface area (Å²) in [5.74, 6) is -0.174. The number of amides is 1. The molecule has 3 N–H and O–H groups in total. The molecule has 1 aliphatic heterocycles. The summed E-state index contributed by atoms with van der Waals surface area (Å²) in [6.07, 6.45) is 1.31. The van der Waals surface area contributed by atoms with Gasteiger partial charge in [-0.25, -0.2) is 0 Å². The first-order chi connectivity index (χ1) is 12.0. The lowest BCUT2D eigenvalue weighted by Crippen LogP contribution is -2.38. The molecule has 25 heavy (non-hydrogen) atoms. The van der Waals surface area contributed by atoms with Crippen LogP contribution in [0.15, 0.2) is 42.6 Å².